The molecule has 0 spiro atoms. The Morgan fingerprint density at radius 3 is 2.20 bits per heavy atom. The van der Waals surface area contributed by atoms with Gasteiger partial charge in [-0.1, -0.05) is 43.4 Å². The van der Waals surface area contributed by atoms with Crippen LogP contribution in [0.2, 0.25) is 0 Å². The maximum absolute atomic E-state index is 3.77. The first-order chi connectivity index (χ1) is 7.38. The summed E-state index contributed by atoms with van der Waals surface area (Å²) < 4.78 is 0. The number of hydrogen-bond acceptors (Lipinski definition) is 0. The van der Waals surface area contributed by atoms with Gasteiger partial charge in [0.15, 0.2) is 0 Å². The molecule has 0 unspecified atom stereocenters. The highest BCUT2D eigenvalue weighted by Crippen LogP contribution is 2.35. The van der Waals surface area contributed by atoms with Gasteiger partial charge in [0.1, 0.15) is 0 Å². The smallest absolute Gasteiger partial charge is 0.0280 e. The molecule has 0 N–H and O–H groups in total. The van der Waals surface area contributed by atoms with Gasteiger partial charge in [0, 0.05) is 0 Å². The molecule has 0 amide bonds. The molecule has 1 aliphatic carbocycles. The topological polar surface area (TPSA) is 0 Å². The Morgan fingerprint density at radius 1 is 1.00 bits per heavy atom. The van der Waals surface area contributed by atoms with Crippen molar-refractivity contribution >= 4 is 0 Å². The van der Waals surface area contributed by atoms with E-state index in [1.54, 1.807) is 11.1 Å². The average molecular weight is 206 g/mol. The lowest BCUT2D eigenvalue weighted by Crippen LogP contribution is -2.04. The van der Waals surface area contributed by atoms with E-state index in [1.807, 2.05) is 6.08 Å². The van der Waals surface area contributed by atoms with Gasteiger partial charge in [0.05, 0.1) is 0 Å². The van der Waals surface area contributed by atoms with Crippen molar-refractivity contribution in [2.75, 3.05) is 0 Å². The van der Waals surface area contributed by atoms with Gasteiger partial charge < -0.3 is 0 Å². The SMILES string of the molecule is C=CCCCC1=C(CCCCCC)CC1. The maximum Gasteiger partial charge on any atom is -0.0280 e. The van der Waals surface area contributed by atoms with Crippen molar-refractivity contribution in [3.8, 4) is 0 Å². The lowest BCUT2D eigenvalue weighted by Gasteiger charge is -2.24. The van der Waals surface area contributed by atoms with E-state index in [1.165, 1.54) is 64.2 Å². The third kappa shape index (κ3) is 4.68. The van der Waals surface area contributed by atoms with Gasteiger partial charge in [-0.05, 0) is 44.9 Å². The van der Waals surface area contributed by atoms with Gasteiger partial charge in [0.25, 0.3) is 0 Å². The standard InChI is InChI=1S/C15H26/c1-3-5-7-9-11-15-13-12-14(15)10-8-6-4-2/h4H,2-3,5-13H2,1H3. The van der Waals surface area contributed by atoms with Crippen LogP contribution >= 0.6 is 0 Å². The van der Waals surface area contributed by atoms with Gasteiger partial charge in [-0.25, -0.2) is 0 Å². The van der Waals surface area contributed by atoms with Gasteiger partial charge >= 0.3 is 0 Å². The molecular formula is C15H26. The Balaban J connectivity index is 2.11. The van der Waals surface area contributed by atoms with Gasteiger partial charge in [0.2, 0.25) is 0 Å². The molecule has 0 atom stereocenters. The highest BCUT2D eigenvalue weighted by atomic mass is 14.2. The van der Waals surface area contributed by atoms with Crippen LogP contribution in [0.3, 0.4) is 0 Å². The van der Waals surface area contributed by atoms with E-state index in [2.05, 4.69) is 13.5 Å². The highest BCUT2D eigenvalue weighted by Gasteiger charge is 2.15. The summed E-state index contributed by atoms with van der Waals surface area (Å²) in [5, 5.41) is 0. The number of unbranched alkanes of at least 4 members (excludes halogenated alkanes) is 4. The van der Waals surface area contributed by atoms with Crippen LogP contribution in [-0.2, 0) is 0 Å². The molecule has 1 rings (SSSR count). The molecule has 0 saturated heterocycles. The van der Waals surface area contributed by atoms with Crippen LogP contribution in [0.15, 0.2) is 23.8 Å². The third-order valence-corrected chi connectivity index (χ3v) is 3.45. The van der Waals surface area contributed by atoms with Crippen LogP contribution in [0.5, 0.6) is 0 Å². The fraction of sp³-hybridized carbons (Fsp3) is 0.733. The molecule has 0 aromatic rings. The minimum atomic E-state index is 1.19. The molecule has 0 bridgehead atoms. The zero-order chi connectivity index (χ0) is 10.9. The van der Waals surface area contributed by atoms with Crippen molar-refractivity contribution in [1.82, 2.24) is 0 Å². The van der Waals surface area contributed by atoms with Gasteiger partial charge in [-0.3, -0.25) is 0 Å². The summed E-state index contributed by atoms with van der Waals surface area (Å²) in [6, 6.07) is 0. The second kappa shape index (κ2) is 7.73. The zero-order valence-corrected chi connectivity index (χ0v) is 10.4. The fourth-order valence-electron chi connectivity index (χ4n) is 2.31. The van der Waals surface area contributed by atoms with Crippen molar-refractivity contribution in [2.45, 2.75) is 71.1 Å². The van der Waals surface area contributed by atoms with Crippen molar-refractivity contribution in [2.24, 2.45) is 0 Å². The normalized spacial score (nSPS) is 15.3. The Kier molecular flexibility index (Phi) is 6.47. The third-order valence-electron chi connectivity index (χ3n) is 3.45. The molecule has 0 fully saturated rings. The molecule has 0 heterocycles. The summed E-state index contributed by atoms with van der Waals surface area (Å²) in [7, 11) is 0. The van der Waals surface area contributed by atoms with E-state index in [9.17, 15) is 0 Å². The summed E-state index contributed by atoms with van der Waals surface area (Å²) in [6.45, 7) is 6.06. The molecule has 0 aromatic carbocycles. The van der Waals surface area contributed by atoms with Crippen LogP contribution in [-0.4, -0.2) is 0 Å². The quantitative estimate of drug-likeness (QED) is 0.350. The molecule has 0 aliphatic heterocycles. The summed E-state index contributed by atoms with van der Waals surface area (Å²) in [4.78, 5) is 0. The largest absolute Gasteiger partial charge is 0.103 e. The van der Waals surface area contributed by atoms with E-state index < -0.39 is 0 Å². The van der Waals surface area contributed by atoms with E-state index in [0.29, 0.717) is 0 Å². The van der Waals surface area contributed by atoms with Gasteiger partial charge in [-0.2, -0.15) is 0 Å². The predicted octanol–water partition coefficient (Wildman–Crippen LogP) is 5.40. The minimum absolute atomic E-state index is 1.19. The monoisotopic (exact) mass is 206 g/mol. The molecule has 0 radical (unpaired) electrons. The number of allylic oxidation sites excluding steroid dienone is 3. The van der Waals surface area contributed by atoms with Crippen LogP contribution in [0, 0.1) is 0 Å². The van der Waals surface area contributed by atoms with E-state index in [0.717, 1.165) is 0 Å². The molecule has 0 aromatic heterocycles. The molecule has 0 nitrogen and oxygen atoms in total. The first-order valence-corrected chi connectivity index (χ1v) is 6.69. The van der Waals surface area contributed by atoms with Crippen molar-refractivity contribution < 1.29 is 0 Å². The predicted molar refractivity (Wildman–Crippen MR) is 69.1 cm³/mol. The van der Waals surface area contributed by atoms with Crippen LogP contribution in [0.4, 0.5) is 0 Å². The lowest BCUT2D eigenvalue weighted by atomic mass is 9.82. The Hall–Kier alpha value is -0.520. The van der Waals surface area contributed by atoms with Gasteiger partial charge in [-0.15, -0.1) is 6.58 Å². The summed E-state index contributed by atoms with van der Waals surface area (Å²) in [5.41, 5.74) is 3.59. The maximum atomic E-state index is 3.77. The molecule has 0 saturated carbocycles. The Bertz CT molecular complexity index is 210. The van der Waals surface area contributed by atoms with Crippen molar-refractivity contribution in [1.29, 1.82) is 0 Å². The highest BCUT2D eigenvalue weighted by molar-refractivity contribution is 5.24. The summed E-state index contributed by atoms with van der Waals surface area (Å²) in [6.07, 6.45) is 15.7. The van der Waals surface area contributed by atoms with Crippen LogP contribution < -0.4 is 0 Å². The molecule has 86 valence electrons. The van der Waals surface area contributed by atoms with E-state index in [-0.39, 0.29) is 0 Å². The number of rotatable bonds is 9. The lowest BCUT2D eigenvalue weighted by molar-refractivity contribution is 0.609. The second-order valence-electron chi connectivity index (χ2n) is 4.70. The van der Waals surface area contributed by atoms with Crippen molar-refractivity contribution in [3.63, 3.8) is 0 Å². The Morgan fingerprint density at radius 2 is 1.67 bits per heavy atom. The first-order valence-electron chi connectivity index (χ1n) is 6.69. The van der Waals surface area contributed by atoms with E-state index >= 15 is 0 Å². The Labute approximate surface area is 95.5 Å². The minimum Gasteiger partial charge on any atom is -0.103 e. The molecule has 0 heteroatoms. The summed E-state index contributed by atoms with van der Waals surface area (Å²) in [5.74, 6) is 0. The molecule has 15 heavy (non-hydrogen) atoms. The van der Waals surface area contributed by atoms with E-state index in [4.69, 9.17) is 0 Å². The first kappa shape index (κ1) is 12.5. The fourth-order valence-corrected chi connectivity index (χ4v) is 2.31. The van der Waals surface area contributed by atoms with Crippen LogP contribution in [0.25, 0.3) is 0 Å². The molecular weight excluding hydrogens is 180 g/mol. The second-order valence-corrected chi connectivity index (χ2v) is 4.70. The summed E-state index contributed by atoms with van der Waals surface area (Å²) >= 11 is 0. The molecule has 1 aliphatic rings. The van der Waals surface area contributed by atoms with Crippen LogP contribution in [0.1, 0.15) is 71.1 Å². The average Bonchev–Trinajstić information content (AvgIpc) is 2.22. The number of hydrogen-bond donors (Lipinski definition) is 0. The van der Waals surface area contributed by atoms with Crippen molar-refractivity contribution in [3.05, 3.63) is 23.8 Å². The zero-order valence-electron chi connectivity index (χ0n) is 10.4.